The van der Waals surface area contributed by atoms with E-state index in [2.05, 4.69) is 10.2 Å². The Hall–Kier alpha value is -2.86. The Morgan fingerprint density at radius 1 is 0.964 bits per heavy atom. The maximum absolute atomic E-state index is 12.4. The molecule has 146 valence electrons. The second-order valence-corrected chi connectivity index (χ2v) is 7.11. The van der Waals surface area contributed by atoms with E-state index in [1.165, 1.54) is 0 Å². The lowest BCUT2D eigenvalue weighted by molar-refractivity contribution is -0.132. The normalized spacial score (nSPS) is 13.9. The molecule has 1 aliphatic heterocycles. The molecule has 0 atom stereocenters. The number of carbonyl (C=O) groups excluding carboxylic acids is 3. The van der Waals surface area contributed by atoms with Crippen LogP contribution in [0, 0.1) is 6.92 Å². The van der Waals surface area contributed by atoms with Gasteiger partial charge >= 0.3 is 0 Å². The number of benzene rings is 2. The van der Waals surface area contributed by atoms with Crippen molar-refractivity contribution in [3.63, 3.8) is 0 Å². The van der Waals surface area contributed by atoms with Crippen LogP contribution in [0.5, 0.6) is 0 Å². The summed E-state index contributed by atoms with van der Waals surface area (Å²) in [6.07, 6.45) is 0. The zero-order valence-electron chi connectivity index (χ0n) is 15.7. The van der Waals surface area contributed by atoms with Gasteiger partial charge in [0, 0.05) is 42.5 Å². The molecule has 2 amide bonds. The van der Waals surface area contributed by atoms with E-state index in [0.717, 1.165) is 11.3 Å². The molecule has 0 radical (unpaired) electrons. The standard InChI is InChI=1S/C21H22ClN3O3/c1-15-4-2-3-5-18(15)20(27)21(28)23-14-19(26)25-12-10-24(11-13-25)17-8-6-16(22)7-9-17/h2-9H,10-14H2,1H3,(H,23,28). The number of carbonyl (C=O) groups is 3. The topological polar surface area (TPSA) is 69.7 Å². The van der Waals surface area contributed by atoms with Crippen LogP contribution in [0.2, 0.25) is 5.02 Å². The van der Waals surface area contributed by atoms with Gasteiger partial charge in [0.25, 0.3) is 5.91 Å². The van der Waals surface area contributed by atoms with Crippen LogP contribution in [-0.4, -0.2) is 55.2 Å². The minimum Gasteiger partial charge on any atom is -0.368 e. The summed E-state index contributed by atoms with van der Waals surface area (Å²) in [6, 6.07) is 14.5. The zero-order valence-corrected chi connectivity index (χ0v) is 16.4. The number of Topliss-reactive ketones (excluding diaryl/α,β-unsaturated/α-hetero) is 1. The lowest BCUT2D eigenvalue weighted by Gasteiger charge is -2.36. The summed E-state index contributed by atoms with van der Waals surface area (Å²) in [4.78, 5) is 40.6. The second-order valence-electron chi connectivity index (χ2n) is 6.67. The molecule has 1 aliphatic rings. The van der Waals surface area contributed by atoms with Gasteiger partial charge < -0.3 is 15.1 Å². The number of halogens is 1. The van der Waals surface area contributed by atoms with Gasteiger partial charge in [0.1, 0.15) is 0 Å². The summed E-state index contributed by atoms with van der Waals surface area (Å²) >= 11 is 5.92. The highest BCUT2D eigenvalue weighted by Gasteiger charge is 2.23. The lowest BCUT2D eigenvalue weighted by Crippen LogP contribution is -2.51. The third-order valence-corrected chi connectivity index (χ3v) is 5.07. The van der Waals surface area contributed by atoms with E-state index in [1.54, 1.807) is 36.1 Å². The van der Waals surface area contributed by atoms with Crippen molar-refractivity contribution in [1.82, 2.24) is 10.2 Å². The van der Waals surface area contributed by atoms with Crippen LogP contribution in [0.15, 0.2) is 48.5 Å². The van der Waals surface area contributed by atoms with Gasteiger partial charge in [-0.2, -0.15) is 0 Å². The van der Waals surface area contributed by atoms with E-state index < -0.39 is 11.7 Å². The van der Waals surface area contributed by atoms with Crippen molar-refractivity contribution in [2.24, 2.45) is 0 Å². The number of nitrogens with one attached hydrogen (secondary N) is 1. The Bertz CT molecular complexity index is 875. The van der Waals surface area contributed by atoms with Crippen molar-refractivity contribution in [3.8, 4) is 0 Å². The van der Waals surface area contributed by atoms with Gasteiger partial charge in [0.2, 0.25) is 11.7 Å². The molecule has 0 bridgehead atoms. The first-order valence-electron chi connectivity index (χ1n) is 9.12. The van der Waals surface area contributed by atoms with Crippen molar-refractivity contribution in [2.75, 3.05) is 37.6 Å². The zero-order chi connectivity index (χ0) is 20.1. The van der Waals surface area contributed by atoms with E-state index in [9.17, 15) is 14.4 Å². The van der Waals surface area contributed by atoms with Crippen molar-refractivity contribution < 1.29 is 14.4 Å². The Kier molecular flexibility index (Phi) is 6.31. The molecule has 2 aromatic carbocycles. The molecule has 1 heterocycles. The summed E-state index contributed by atoms with van der Waals surface area (Å²) in [7, 11) is 0. The number of ketones is 1. The second kappa shape index (κ2) is 8.89. The van der Waals surface area contributed by atoms with E-state index in [4.69, 9.17) is 11.6 Å². The van der Waals surface area contributed by atoms with Crippen LogP contribution in [0.25, 0.3) is 0 Å². The van der Waals surface area contributed by atoms with E-state index in [0.29, 0.717) is 36.8 Å². The summed E-state index contributed by atoms with van der Waals surface area (Å²) in [5.41, 5.74) is 2.14. The van der Waals surface area contributed by atoms with Crippen molar-refractivity contribution in [3.05, 3.63) is 64.7 Å². The van der Waals surface area contributed by atoms with Crippen LogP contribution in [0.4, 0.5) is 5.69 Å². The monoisotopic (exact) mass is 399 g/mol. The average Bonchev–Trinajstić information content (AvgIpc) is 2.72. The number of hydrogen-bond donors (Lipinski definition) is 1. The molecule has 0 aliphatic carbocycles. The smallest absolute Gasteiger partial charge is 0.292 e. The molecule has 28 heavy (non-hydrogen) atoms. The highest BCUT2D eigenvalue weighted by molar-refractivity contribution is 6.43. The quantitative estimate of drug-likeness (QED) is 0.618. The van der Waals surface area contributed by atoms with Crippen LogP contribution < -0.4 is 10.2 Å². The number of aryl methyl sites for hydroxylation is 1. The minimum absolute atomic E-state index is 0.183. The molecule has 0 spiro atoms. The highest BCUT2D eigenvalue weighted by Crippen LogP contribution is 2.19. The minimum atomic E-state index is -0.762. The first-order valence-corrected chi connectivity index (χ1v) is 9.50. The molecule has 7 heteroatoms. The molecular weight excluding hydrogens is 378 g/mol. The van der Waals surface area contributed by atoms with Gasteiger partial charge in [-0.3, -0.25) is 14.4 Å². The van der Waals surface area contributed by atoms with Crippen molar-refractivity contribution >= 4 is 34.9 Å². The number of rotatable bonds is 5. The highest BCUT2D eigenvalue weighted by atomic mass is 35.5. The molecule has 0 saturated carbocycles. The third kappa shape index (κ3) is 4.70. The molecule has 0 aromatic heterocycles. The Morgan fingerprint density at radius 3 is 2.25 bits per heavy atom. The average molecular weight is 400 g/mol. The Balaban J connectivity index is 1.48. The Morgan fingerprint density at radius 2 is 1.61 bits per heavy atom. The molecule has 1 saturated heterocycles. The molecule has 6 nitrogen and oxygen atoms in total. The fourth-order valence-electron chi connectivity index (χ4n) is 3.16. The lowest BCUT2D eigenvalue weighted by atomic mass is 10.0. The van der Waals surface area contributed by atoms with Crippen molar-refractivity contribution in [1.29, 1.82) is 0 Å². The molecule has 1 fully saturated rings. The van der Waals surface area contributed by atoms with E-state index in [1.807, 2.05) is 24.3 Å². The SMILES string of the molecule is Cc1ccccc1C(=O)C(=O)NCC(=O)N1CCN(c2ccc(Cl)cc2)CC1. The number of amides is 2. The number of piperazine rings is 1. The maximum atomic E-state index is 12.4. The van der Waals surface area contributed by atoms with Crippen molar-refractivity contribution in [2.45, 2.75) is 6.92 Å². The number of anilines is 1. The molecule has 3 rings (SSSR count). The van der Waals surface area contributed by atoms with Gasteiger partial charge in [-0.05, 0) is 36.8 Å². The first kappa shape index (κ1) is 19.9. The van der Waals surface area contributed by atoms with Gasteiger partial charge in [-0.15, -0.1) is 0 Å². The van der Waals surface area contributed by atoms with Crippen LogP contribution in [0.3, 0.4) is 0 Å². The number of hydrogen-bond acceptors (Lipinski definition) is 4. The third-order valence-electron chi connectivity index (χ3n) is 4.82. The van der Waals surface area contributed by atoms with Crippen LogP contribution in [0.1, 0.15) is 15.9 Å². The molecule has 1 N–H and O–H groups in total. The van der Waals surface area contributed by atoms with Gasteiger partial charge in [-0.1, -0.05) is 35.9 Å². The first-order chi connectivity index (χ1) is 13.5. The van der Waals surface area contributed by atoms with Crippen LogP contribution >= 0.6 is 11.6 Å². The fourth-order valence-corrected chi connectivity index (χ4v) is 3.29. The van der Waals surface area contributed by atoms with E-state index >= 15 is 0 Å². The molecule has 2 aromatic rings. The number of nitrogens with zero attached hydrogens (tertiary/aromatic N) is 2. The van der Waals surface area contributed by atoms with Crippen LogP contribution in [-0.2, 0) is 9.59 Å². The summed E-state index contributed by atoms with van der Waals surface area (Å²) in [5, 5.41) is 3.13. The molecular formula is C21H22ClN3O3. The van der Waals surface area contributed by atoms with E-state index in [-0.39, 0.29) is 12.5 Å². The molecule has 0 unspecified atom stereocenters. The maximum Gasteiger partial charge on any atom is 0.292 e. The summed E-state index contributed by atoms with van der Waals surface area (Å²) in [5.74, 6) is -1.58. The summed E-state index contributed by atoms with van der Waals surface area (Å²) in [6.45, 7) is 4.10. The Labute approximate surface area is 169 Å². The van der Waals surface area contributed by atoms with Gasteiger partial charge in [0.15, 0.2) is 0 Å². The van der Waals surface area contributed by atoms with Gasteiger partial charge in [0.05, 0.1) is 6.54 Å². The van der Waals surface area contributed by atoms with Gasteiger partial charge in [-0.25, -0.2) is 0 Å². The fraction of sp³-hybridized carbons (Fsp3) is 0.286. The predicted molar refractivity (Wildman–Crippen MR) is 109 cm³/mol. The largest absolute Gasteiger partial charge is 0.368 e. The summed E-state index contributed by atoms with van der Waals surface area (Å²) < 4.78 is 0. The predicted octanol–water partition coefficient (Wildman–Crippen LogP) is 2.30.